The Morgan fingerprint density at radius 3 is 2.95 bits per heavy atom. The molecular weight excluding hydrogens is 250 g/mol. The van der Waals surface area contributed by atoms with E-state index >= 15 is 0 Å². The van der Waals surface area contributed by atoms with Gasteiger partial charge in [0.2, 0.25) is 0 Å². The molecule has 2 aromatic carbocycles. The molecule has 0 atom stereocenters. The van der Waals surface area contributed by atoms with Crippen molar-refractivity contribution in [3.8, 4) is 0 Å². The number of amides is 1. The molecule has 4 nitrogen and oxygen atoms in total. The van der Waals surface area contributed by atoms with Gasteiger partial charge in [0.25, 0.3) is 5.91 Å². The maximum atomic E-state index is 12.0. The zero-order valence-corrected chi connectivity index (χ0v) is 11.3. The van der Waals surface area contributed by atoms with Crippen LogP contribution in [0.3, 0.4) is 0 Å². The van der Waals surface area contributed by atoms with Crippen LogP contribution in [0.15, 0.2) is 30.3 Å². The van der Waals surface area contributed by atoms with Gasteiger partial charge in [-0.1, -0.05) is 12.1 Å². The predicted octanol–water partition coefficient (Wildman–Crippen LogP) is 2.21. The number of nitrogens with zero attached hydrogens (tertiary/aromatic N) is 1. The zero-order chi connectivity index (χ0) is 13.5. The number of carbonyl (C=O) groups excluding carboxylic acids is 1. The van der Waals surface area contributed by atoms with E-state index in [1.54, 1.807) is 0 Å². The summed E-state index contributed by atoms with van der Waals surface area (Å²) in [7, 11) is 0. The third kappa shape index (κ3) is 1.68. The Morgan fingerprint density at radius 1 is 1.05 bits per heavy atom. The molecule has 20 heavy (non-hydrogen) atoms. The van der Waals surface area contributed by atoms with E-state index in [4.69, 9.17) is 0 Å². The third-order valence-electron chi connectivity index (χ3n) is 4.19. The van der Waals surface area contributed by atoms with Crippen molar-refractivity contribution >= 4 is 28.1 Å². The van der Waals surface area contributed by atoms with Crippen LogP contribution >= 0.6 is 0 Å². The van der Waals surface area contributed by atoms with Gasteiger partial charge < -0.3 is 15.5 Å². The van der Waals surface area contributed by atoms with Gasteiger partial charge in [-0.05, 0) is 31.2 Å². The van der Waals surface area contributed by atoms with Crippen LogP contribution in [0.25, 0.3) is 10.8 Å². The van der Waals surface area contributed by atoms with Crippen LogP contribution < -0.4 is 15.5 Å². The Bertz CT molecular complexity index is 687. The lowest BCUT2D eigenvalue weighted by atomic mass is 10.0. The third-order valence-corrected chi connectivity index (χ3v) is 4.19. The van der Waals surface area contributed by atoms with Gasteiger partial charge in [-0.25, -0.2) is 0 Å². The minimum absolute atomic E-state index is 0.0142. The highest BCUT2D eigenvalue weighted by molar-refractivity contribution is 6.25. The first-order chi connectivity index (χ1) is 9.84. The van der Waals surface area contributed by atoms with Gasteiger partial charge in [0, 0.05) is 47.3 Å². The summed E-state index contributed by atoms with van der Waals surface area (Å²) in [5, 5.41) is 8.63. The zero-order valence-electron chi connectivity index (χ0n) is 11.3. The van der Waals surface area contributed by atoms with E-state index in [9.17, 15) is 4.79 Å². The fraction of sp³-hybridized carbons (Fsp3) is 0.312. The lowest BCUT2D eigenvalue weighted by molar-refractivity contribution is 0.103. The largest absolute Gasteiger partial charge is 0.370 e. The molecule has 0 radical (unpaired) electrons. The summed E-state index contributed by atoms with van der Waals surface area (Å²) in [6.07, 6.45) is 1.15. The highest BCUT2D eigenvalue weighted by atomic mass is 16.1. The van der Waals surface area contributed by atoms with E-state index in [0.717, 1.165) is 49.2 Å². The fourth-order valence-corrected chi connectivity index (χ4v) is 3.24. The minimum Gasteiger partial charge on any atom is -0.370 e. The molecule has 2 heterocycles. The summed E-state index contributed by atoms with van der Waals surface area (Å²) in [5.41, 5.74) is 2.98. The molecule has 1 amide bonds. The first-order valence-corrected chi connectivity index (χ1v) is 7.17. The molecule has 0 spiro atoms. The number of anilines is 2. The Hall–Kier alpha value is -2.07. The van der Waals surface area contributed by atoms with Gasteiger partial charge in [0.15, 0.2) is 0 Å². The Labute approximate surface area is 117 Å². The number of hydrogen-bond donors (Lipinski definition) is 2. The monoisotopic (exact) mass is 267 g/mol. The molecule has 1 saturated heterocycles. The lowest BCUT2D eigenvalue weighted by Crippen LogP contribution is -2.27. The molecule has 0 aromatic heterocycles. The van der Waals surface area contributed by atoms with E-state index in [1.165, 1.54) is 11.1 Å². The first-order valence-electron chi connectivity index (χ1n) is 7.17. The Balaban J connectivity index is 1.89. The molecule has 4 rings (SSSR count). The molecule has 2 aliphatic rings. The van der Waals surface area contributed by atoms with Crippen molar-refractivity contribution in [1.82, 2.24) is 5.32 Å². The van der Waals surface area contributed by atoms with E-state index in [1.807, 2.05) is 18.2 Å². The topological polar surface area (TPSA) is 44.4 Å². The SMILES string of the molecule is O=C1Nc2cccc3c(N4CCCNCC4)ccc1c23. The molecule has 0 unspecified atom stereocenters. The molecule has 0 saturated carbocycles. The number of benzene rings is 2. The van der Waals surface area contributed by atoms with Gasteiger partial charge in [-0.15, -0.1) is 0 Å². The van der Waals surface area contributed by atoms with E-state index in [0.29, 0.717) is 0 Å². The van der Waals surface area contributed by atoms with Crippen molar-refractivity contribution in [3.05, 3.63) is 35.9 Å². The molecule has 4 heteroatoms. The molecule has 2 aliphatic heterocycles. The van der Waals surface area contributed by atoms with Crippen molar-refractivity contribution in [2.75, 3.05) is 36.4 Å². The predicted molar refractivity (Wildman–Crippen MR) is 81.6 cm³/mol. The maximum absolute atomic E-state index is 12.0. The second-order valence-corrected chi connectivity index (χ2v) is 5.41. The quantitative estimate of drug-likeness (QED) is 0.832. The van der Waals surface area contributed by atoms with E-state index in [2.05, 4.69) is 27.7 Å². The second kappa shape index (κ2) is 4.49. The van der Waals surface area contributed by atoms with Gasteiger partial charge in [0.05, 0.1) is 0 Å². The molecule has 2 N–H and O–H groups in total. The summed E-state index contributed by atoms with van der Waals surface area (Å²) >= 11 is 0. The van der Waals surface area contributed by atoms with Crippen molar-refractivity contribution in [2.24, 2.45) is 0 Å². The summed E-state index contributed by atoms with van der Waals surface area (Å²) in [6, 6.07) is 10.2. The van der Waals surface area contributed by atoms with Crippen LogP contribution in [0.2, 0.25) is 0 Å². The van der Waals surface area contributed by atoms with Crippen molar-refractivity contribution in [1.29, 1.82) is 0 Å². The van der Waals surface area contributed by atoms with Gasteiger partial charge in [0.1, 0.15) is 0 Å². The Kier molecular flexibility index (Phi) is 2.63. The highest BCUT2D eigenvalue weighted by Crippen LogP contribution is 2.38. The van der Waals surface area contributed by atoms with E-state index in [-0.39, 0.29) is 5.91 Å². The number of rotatable bonds is 1. The molecule has 0 bridgehead atoms. The Morgan fingerprint density at radius 2 is 2.00 bits per heavy atom. The summed E-state index contributed by atoms with van der Waals surface area (Å²) in [4.78, 5) is 14.4. The maximum Gasteiger partial charge on any atom is 0.256 e. The average molecular weight is 267 g/mol. The number of nitrogens with one attached hydrogen (secondary N) is 2. The van der Waals surface area contributed by atoms with Crippen LogP contribution in [0.4, 0.5) is 11.4 Å². The van der Waals surface area contributed by atoms with Crippen molar-refractivity contribution < 1.29 is 4.79 Å². The van der Waals surface area contributed by atoms with Crippen LogP contribution in [0, 0.1) is 0 Å². The van der Waals surface area contributed by atoms with Gasteiger partial charge in [-0.3, -0.25) is 4.79 Å². The van der Waals surface area contributed by atoms with Crippen LogP contribution in [-0.4, -0.2) is 32.1 Å². The molecule has 1 fully saturated rings. The van der Waals surface area contributed by atoms with Crippen LogP contribution in [0.1, 0.15) is 16.8 Å². The van der Waals surface area contributed by atoms with Crippen LogP contribution in [-0.2, 0) is 0 Å². The minimum atomic E-state index is 0.0142. The van der Waals surface area contributed by atoms with E-state index < -0.39 is 0 Å². The smallest absolute Gasteiger partial charge is 0.256 e. The van der Waals surface area contributed by atoms with Gasteiger partial charge >= 0.3 is 0 Å². The van der Waals surface area contributed by atoms with Crippen molar-refractivity contribution in [3.63, 3.8) is 0 Å². The lowest BCUT2D eigenvalue weighted by Gasteiger charge is -2.24. The van der Waals surface area contributed by atoms with Crippen molar-refractivity contribution in [2.45, 2.75) is 6.42 Å². The standard InChI is InChI=1S/C16H17N3O/c20-16-12-5-6-14(19-9-2-7-17-8-10-19)11-3-1-4-13(18-16)15(11)12/h1,3-6,17H,2,7-10H2,(H,18,20). The van der Waals surface area contributed by atoms with Gasteiger partial charge in [-0.2, -0.15) is 0 Å². The molecule has 0 aliphatic carbocycles. The normalized spacial score (nSPS) is 18.2. The second-order valence-electron chi connectivity index (χ2n) is 5.41. The molecular formula is C16H17N3O. The summed E-state index contributed by atoms with van der Waals surface area (Å²) < 4.78 is 0. The fourth-order valence-electron chi connectivity index (χ4n) is 3.24. The number of carbonyl (C=O) groups is 1. The average Bonchev–Trinajstić information content (AvgIpc) is 2.67. The summed E-state index contributed by atoms with van der Waals surface area (Å²) in [5.74, 6) is 0.0142. The number of hydrogen-bond acceptors (Lipinski definition) is 3. The van der Waals surface area contributed by atoms with Crippen LogP contribution in [0.5, 0.6) is 0 Å². The molecule has 102 valence electrons. The molecule has 2 aromatic rings. The summed E-state index contributed by atoms with van der Waals surface area (Å²) in [6.45, 7) is 4.17. The first kappa shape index (κ1) is 11.7. The highest BCUT2D eigenvalue weighted by Gasteiger charge is 2.23.